The molecule has 5 aromatic carbocycles. The summed E-state index contributed by atoms with van der Waals surface area (Å²) in [7, 11) is 0. The van der Waals surface area contributed by atoms with E-state index < -0.39 is 0 Å². The first-order valence-corrected chi connectivity index (χ1v) is 20.0. The SMILES string of the molecule is C1=CC2=CC=CC3C4=C(C(c5cccc(-c6cccc(-c7cncnc7)c6)c5)=CC(c5ccccc5)C4c4cccc(-c5cccc(-c6cncnc6)c5)c4)C(=C1)C23. The Morgan fingerprint density at radius 2 is 0.948 bits per heavy atom. The summed E-state index contributed by atoms with van der Waals surface area (Å²) >= 11 is 0. The molecule has 11 rings (SSSR count). The van der Waals surface area contributed by atoms with Crippen LogP contribution in [0.3, 0.4) is 0 Å². The summed E-state index contributed by atoms with van der Waals surface area (Å²) in [6.45, 7) is 0. The first-order chi connectivity index (χ1) is 28.8. The maximum Gasteiger partial charge on any atom is 0.115 e. The largest absolute Gasteiger partial charge is 0.244 e. The van der Waals surface area contributed by atoms with Gasteiger partial charge in [0.1, 0.15) is 12.7 Å². The van der Waals surface area contributed by atoms with E-state index >= 15 is 0 Å². The monoisotopic (exact) mass is 742 g/mol. The average molecular weight is 743 g/mol. The molecule has 7 aromatic rings. The van der Waals surface area contributed by atoms with E-state index in [1.54, 1.807) is 12.7 Å². The Morgan fingerprint density at radius 3 is 1.59 bits per heavy atom. The number of allylic oxidation sites excluding steroid dienone is 12. The lowest BCUT2D eigenvalue weighted by atomic mass is 9.67. The van der Waals surface area contributed by atoms with Crippen LogP contribution in [0, 0.1) is 11.8 Å². The van der Waals surface area contributed by atoms with Gasteiger partial charge < -0.3 is 0 Å². The van der Waals surface area contributed by atoms with E-state index in [0.29, 0.717) is 5.92 Å². The number of aromatic nitrogens is 4. The molecule has 4 heteroatoms. The van der Waals surface area contributed by atoms with E-state index in [0.717, 1.165) is 22.3 Å². The van der Waals surface area contributed by atoms with Crippen LogP contribution < -0.4 is 0 Å². The van der Waals surface area contributed by atoms with E-state index in [4.69, 9.17) is 0 Å². The second kappa shape index (κ2) is 14.3. The van der Waals surface area contributed by atoms with Crippen LogP contribution in [-0.4, -0.2) is 19.9 Å². The molecule has 4 atom stereocenters. The van der Waals surface area contributed by atoms with E-state index in [1.807, 2.05) is 24.8 Å². The van der Waals surface area contributed by atoms with Crippen LogP contribution in [0.2, 0.25) is 0 Å². The first-order valence-electron chi connectivity index (χ1n) is 20.0. The van der Waals surface area contributed by atoms with Crippen LogP contribution in [0.5, 0.6) is 0 Å². The zero-order valence-electron chi connectivity index (χ0n) is 31.7. The maximum atomic E-state index is 4.28. The Labute approximate surface area is 338 Å². The molecule has 4 aliphatic rings. The molecule has 2 aromatic heterocycles. The van der Waals surface area contributed by atoms with Crippen molar-refractivity contribution < 1.29 is 0 Å². The third-order valence-corrected chi connectivity index (χ3v) is 12.3. The molecule has 0 bridgehead atoms. The number of hydrogen-bond donors (Lipinski definition) is 0. The van der Waals surface area contributed by atoms with Gasteiger partial charge in [0.15, 0.2) is 0 Å². The van der Waals surface area contributed by atoms with Gasteiger partial charge in [0.25, 0.3) is 0 Å². The van der Waals surface area contributed by atoms with Crippen LogP contribution in [-0.2, 0) is 0 Å². The highest BCUT2D eigenvalue weighted by Gasteiger charge is 2.48. The number of benzene rings is 5. The fraction of sp³-hybridized carbons (Fsp3) is 0.0741. The second-order valence-electron chi connectivity index (χ2n) is 15.5. The summed E-state index contributed by atoms with van der Waals surface area (Å²) < 4.78 is 0. The van der Waals surface area contributed by atoms with Gasteiger partial charge in [-0.05, 0) is 96.1 Å². The van der Waals surface area contributed by atoms with Crippen molar-refractivity contribution in [2.24, 2.45) is 11.8 Å². The molecule has 0 fully saturated rings. The van der Waals surface area contributed by atoms with E-state index in [2.05, 4.69) is 190 Å². The topological polar surface area (TPSA) is 51.6 Å². The van der Waals surface area contributed by atoms with Gasteiger partial charge in [-0.25, -0.2) is 19.9 Å². The van der Waals surface area contributed by atoms with Gasteiger partial charge in [-0.3, -0.25) is 0 Å². The molecular formula is C54H38N4. The highest BCUT2D eigenvalue weighted by atomic mass is 14.8. The Kier molecular flexibility index (Phi) is 8.40. The molecule has 2 heterocycles. The molecule has 0 saturated heterocycles. The Balaban J connectivity index is 1.08. The molecule has 0 spiro atoms. The number of fused-ring (bicyclic) bond motifs is 2. The summed E-state index contributed by atoms with van der Waals surface area (Å²) in [5.74, 6) is 0.783. The Bertz CT molecular complexity index is 2900. The summed E-state index contributed by atoms with van der Waals surface area (Å²) in [4.78, 5) is 17.1. The zero-order valence-corrected chi connectivity index (χ0v) is 31.7. The quantitative estimate of drug-likeness (QED) is 0.163. The number of rotatable bonds is 7. The molecule has 0 aliphatic heterocycles. The molecule has 4 aliphatic carbocycles. The van der Waals surface area contributed by atoms with Crippen molar-refractivity contribution in [2.75, 3.05) is 0 Å². The van der Waals surface area contributed by atoms with Crippen molar-refractivity contribution in [1.82, 2.24) is 19.9 Å². The van der Waals surface area contributed by atoms with Gasteiger partial charge in [0.2, 0.25) is 0 Å². The standard InChI is InChI=1S/C54H38N4/c1-2-10-35(11-3-1)49-28-50(43-20-6-16-39(26-43)37-14-4-18-41(24-37)45-29-55-33-56-30-45)53-47-22-8-12-36-13-9-23-48(51(36)47)54(53)52(49)44-21-7-17-40(27-44)38-15-5-19-42(25-38)46-31-57-34-58-32-46/h1-34,48-49,51-52H. The average Bonchev–Trinajstić information content (AvgIpc) is 3.65. The molecule has 4 nitrogen and oxygen atoms in total. The van der Waals surface area contributed by atoms with Crippen molar-refractivity contribution in [1.29, 1.82) is 0 Å². The van der Waals surface area contributed by atoms with Crippen molar-refractivity contribution in [3.63, 3.8) is 0 Å². The van der Waals surface area contributed by atoms with Crippen LogP contribution in [0.4, 0.5) is 0 Å². The highest BCUT2D eigenvalue weighted by Crippen LogP contribution is 2.62. The molecule has 0 saturated carbocycles. The van der Waals surface area contributed by atoms with E-state index in [1.165, 1.54) is 66.8 Å². The van der Waals surface area contributed by atoms with Gasteiger partial charge in [-0.2, -0.15) is 0 Å². The van der Waals surface area contributed by atoms with Crippen LogP contribution in [0.1, 0.15) is 28.5 Å². The fourth-order valence-corrected chi connectivity index (χ4v) is 9.71. The summed E-state index contributed by atoms with van der Waals surface area (Å²) in [5.41, 5.74) is 19.9. The predicted octanol–water partition coefficient (Wildman–Crippen LogP) is 12.4. The lowest BCUT2D eigenvalue weighted by Crippen LogP contribution is -2.22. The summed E-state index contributed by atoms with van der Waals surface area (Å²) in [6.07, 6.45) is 27.3. The Hall–Kier alpha value is -7.30. The molecule has 58 heavy (non-hydrogen) atoms. The minimum absolute atomic E-state index is 0.111. The third-order valence-electron chi connectivity index (χ3n) is 12.3. The van der Waals surface area contributed by atoms with Gasteiger partial charge in [0.05, 0.1) is 0 Å². The minimum Gasteiger partial charge on any atom is -0.244 e. The normalized spacial score (nSPS) is 20.2. The lowest BCUT2D eigenvalue weighted by Gasteiger charge is -2.36. The van der Waals surface area contributed by atoms with Crippen molar-refractivity contribution in [2.45, 2.75) is 11.8 Å². The van der Waals surface area contributed by atoms with E-state index in [-0.39, 0.29) is 17.8 Å². The number of nitrogens with zero attached hydrogens (tertiary/aromatic N) is 4. The van der Waals surface area contributed by atoms with E-state index in [9.17, 15) is 0 Å². The van der Waals surface area contributed by atoms with Crippen LogP contribution in [0.25, 0.3) is 50.1 Å². The van der Waals surface area contributed by atoms with Crippen molar-refractivity contribution in [3.05, 3.63) is 246 Å². The third kappa shape index (κ3) is 5.93. The van der Waals surface area contributed by atoms with Gasteiger partial charge >= 0.3 is 0 Å². The van der Waals surface area contributed by atoms with Gasteiger partial charge in [-0.1, -0.05) is 152 Å². The van der Waals surface area contributed by atoms with Crippen molar-refractivity contribution >= 4 is 5.57 Å². The molecule has 0 N–H and O–H groups in total. The molecule has 274 valence electrons. The second-order valence-corrected chi connectivity index (χ2v) is 15.5. The molecule has 0 radical (unpaired) electrons. The lowest BCUT2D eigenvalue weighted by molar-refractivity contribution is 0.557. The molecule has 0 amide bonds. The predicted molar refractivity (Wildman–Crippen MR) is 234 cm³/mol. The first kappa shape index (κ1) is 34.0. The summed E-state index contributed by atoms with van der Waals surface area (Å²) in [5, 5.41) is 0. The fourth-order valence-electron chi connectivity index (χ4n) is 9.71. The highest BCUT2D eigenvalue weighted by molar-refractivity contribution is 5.92. The maximum absolute atomic E-state index is 4.28. The van der Waals surface area contributed by atoms with Gasteiger partial charge in [-0.15, -0.1) is 0 Å². The van der Waals surface area contributed by atoms with Gasteiger partial charge in [0, 0.05) is 59.6 Å². The smallest absolute Gasteiger partial charge is 0.115 e. The minimum atomic E-state index is 0.111. The zero-order chi connectivity index (χ0) is 38.4. The summed E-state index contributed by atoms with van der Waals surface area (Å²) in [6, 6.07) is 47.0. The molecular weight excluding hydrogens is 705 g/mol. The van der Waals surface area contributed by atoms with Crippen LogP contribution in [0.15, 0.2) is 230 Å². The number of hydrogen-bond acceptors (Lipinski definition) is 4. The van der Waals surface area contributed by atoms with Crippen molar-refractivity contribution in [3.8, 4) is 44.5 Å². The molecule has 4 unspecified atom stereocenters. The van der Waals surface area contributed by atoms with Crippen LogP contribution >= 0.6 is 0 Å². The Morgan fingerprint density at radius 1 is 0.414 bits per heavy atom.